The van der Waals surface area contributed by atoms with Crippen LogP contribution < -0.4 is 15.2 Å². The van der Waals surface area contributed by atoms with E-state index in [0.29, 0.717) is 23.9 Å². The summed E-state index contributed by atoms with van der Waals surface area (Å²) < 4.78 is 12.5. The first-order chi connectivity index (χ1) is 9.78. The summed E-state index contributed by atoms with van der Waals surface area (Å²) in [6, 6.07) is 12.8. The molecule has 3 rings (SSSR count). The van der Waals surface area contributed by atoms with Gasteiger partial charge in [0.15, 0.2) is 11.5 Å². The average Bonchev–Trinajstić information content (AvgIpc) is 2.90. The van der Waals surface area contributed by atoms with E-state index in [9.17, 15) is 0 Å². The molecule has 0 unspecified atom stereocenters. The number of pyridine rings is 1. The summed E-state index contributed by atoms with van der Waals surface area (Å²) in [6.07, 6.45) is 0. The summed E-state index contributed by atoms with van der Waals surface area (Å²) in [7, 11) is 1.63. The minimum atomic E-state index is 0.293. The van der Waals surface area contributed by atoms with Crippen molar-refractivity contribution in [2.45, 2.75) is 6.61 Å². The van der Waals surface area contributed by atoms with Gasteiger partial charge in [0.1, 0.15) is 23.9 Å². The van der Waals surface area contributed by atoms with E-state index in [-0.39, 0.29) is 0 Å². The highest BCUT2D eigenvalue weighted by atomic mass is 16.5. The summed E-state index contributed by atoms with van der Waals surface area (Å²) in [4.78, 5) is 0. The number of benzene rings is 1. The van der Waals surface area contributed by atoms with Gasteiger partial charge in [0.2, 0.25) is 0 Å². The number of ether oxygens (including phenoxy) is 2. The number of nitrogens with zero attached hydrogens (tertiary/aromatic N) is 3. The summed E-state index contributed by atoms with van der Waals surface area (Å²) in [5.41, 5.74) is 6.63. The van der Waals surface area contributed by atoms with Gasteiger partial charge in [0.25, 0.3) is 0 Å². The molecule has 2 heterocycles. The summed E-state index contributed by atoms with van der Waals surface area (Å²) in [5.74, 6) is 2.77. The Balaban J connectivity index is 1.79. The van der Waals surface area contributed by atoms with Crippen LogP contribution in [0.5, 0.6) is 11.5 Å². The van der Waals surface area contributed by atoms with Crippen LogP contribution >= 0.6 is 0 Å². The van der Waals surface area contributed by atoms with Crippen molar-refractivity contribution in [3.63, 3.8) is 0 Å². The molecule has 6 nitrogen and oxygen atoms in total. The van der Waals surface area contributed by atoms with E-state index in [1.165, 1.54) is 0 Å². The van der Waals surface area contributed by atoms with E-state index < -0.39 is 0 Å². The molecule has 1 aromatic carbocycles. The Morgan fingerprint density at radius 1 is 1.05 bits per heavy atom. The predicted molar refractivity (Wildman–Crippen MR) is 74.7 cm³/mol. The Kier molecular flexibility index (Phi) is 3.12. The normalized spacial score (nSPS) is 10.7. The number of hydrogen-bond acceptors (Lipinski definition) is 5. The number of rotatable bonds is 4. The molecule has 0 aliphatic carbocycles. The van der Waals surface area contributed by atoms with E-state index in [1.54, 1.807) is 17.6 Å². The molecule has 0 fully saturated rings. The van der Waals surface area contributed by atoms with Crippen molar-refractivity contribution in [1.29, 1.82) is 0 Å². The molecule has 0 spiro atoms. The SMILES string of the molecule is COc1ccc(OCc2nnc3cccc(N)n23)cc1. The smallest absolute Gasteiger partial charge is 0.177 e. The summed E-state index contributed by atoms with van der Waals surface area (Å²) in [6.45, 7) is 0.293. The molecule has 0 saturated heterocycles. The third-order valence-electron chi connectivity index (χ3n) is 2.95. The predicted octanol–water partition coefficient (Wildman–Crippen LogP) is 1.90. The first-order valence-corrected chi connectivity index (χ1v) is 6.13. The highest BCUT2D eigenvalue weighted by Crippen LogP contribution is 2.18. The molecule has 0 bridgehead atoms. The van der Waals surface area contributed by atoms with Crippen LogP contribution in [0.15, 0.2) is 42.5 Å². The molecule has 2 aromatic heterocycles. The van der Waals surface area contributed by atoms with Gasteiger partial charge in [-0.25, -0.2) is 0 Å². The van der Waals surface area contributed by atoms with Crippen LogP contribution in [0.1, 0.15) is 5.82 Å². The summed E-state index contributed by atoms with van der Waals surface area (Å²) in [5, 5.41) is 8.14. The van der Waals surface area contributed by atoms with Crippen LogP contribution in [0.25, 0.3) is 5.65 Å². The first kappa shape index (κ1) is 12.3. The number of aromatic nitrogens is 3. The Morgan fingerprint density at radius 2 is 1.80 bits per heavy atom. The number of methoxy groups -OCH3 is 1. The van der Waals surface area contributed by atoms with Gasteiger partial charge in [-0.1, -0.05) is 6.07 Å². The Bertz CT molecular complexity index is 722. The molecule has 0 aliphatic rings. The van der Waals surface area contributed by atoms with E-state index in [4.69, 9.17) is 15.2 Å². The minimum absolute atomic E-state index is 0.293. The lowest BCUT2D eigenvalue weighted by molar-refractivity contribution is 0.294. The van der Waals surface area contributed by atoms with Crippen molar-refractivity contribution >= 4 is 11.5 Å². The molecule has 20 heavy (non-hydrogen) atoms. The fourth-order valence-corrected chi connectivity index (χ4v) is 1.94. The second-order valence-corrected chi connectivity index (χ2v) is 4.22. The van der Waals surface area contributed by atoms with Crippen molar-refractivity contribution < 1.29 is 9.47 Å². The van der Waals surface area contributed by atoms with Crippen LogP contribution in [0.3, 0.4) is 0 Å². The number of nitrogen functional groups attached to an aromatic ring is 1. The van der Waals surface area contributed by atoms with Crippen molar-refractivity contribution in [2.24, 2.45) is 0 Å². The number of hydrogen-bond donors (Lipinski definition) is 1. The Hall–Kier alpha value is -2.76. The fraction of sp³-hybridized carbons (Fsp3) is 0.143. The zero-order chi connectivity index (χ0) is 13.9. The van der Waals surface area contributed by atoms with Gasteiger partial charge in [0, 0.05) is 0 Å². The number of fused-ring (bicyclic) bond motifs is 1. The first-order valence-electron chi connectivity index (χ1n) is 6.13. The van der Waals surface area contributed by atoms with Gasteiger partial charge >= 0.3 is 0 Å². The van der Waals surface area contributed by atoms with E-state index in [1.807, 2.05) is 36.4 Å². The molecular formula is C14H14N4O2. The molecule has 3 aromatic rings. The molecule has 102 valence electrons. The van der Waals surface area contributed by atoms with Crippen LogP contribution in [-0.2, 0) is 6.61 Å². The Morgan fingerprint density at radius 3 is 2.55 bits per heavy atom. The zero-order valence-corrected chi connectivity index (χ0v) is 11.0. The molecule has 0 atom stereocenters. The largest absolute Gasteiger partial charge is 0.497 e. The topological polar surface area (TPSA) is 74.7 Å². The lowest BCUT2D eigenvalue weighted by Gasteiger charge is -2.07. The van der Waals surface area contributed by atoms with Crippen LogP contribution in [-0.4, -0.2) is 21.7 Å². The molecule has 0 aliphatic heterocycles. The summed E-state index contributed by atoms with van der Waals surface area (Å²) >= 11 is 0. The van der Waals surface area contributed by atoms with Gasteiger partial charge in [-0.2, -0.15) is 0 Å². The van der Waals surface area contributed by atoms with E-state index in [0.717, 1.165) is 11.5 Å². The second-order valence-electron chi connectivity index (χ2n) is 4.22. The number of nitrogens with two attached hydrogens (primary N) is 1. The van der Waals surface area contributed by atoms with Crippen molar-refractivity contribution in [3.05, 3.63) is 48.3 Å². The van der Waals surface area contributed by atoms with Crippen LogP contribution in [0.2, 0.25) is 0 Å². The lowest BCUT2D eigenvalue weighted by atomic mass is 10.3. The van der Waals surface area contributed by atoms with Gasteiger partial charge in [-0.05, 0) is 36.4 Å². The quantitative estimate of drug-likeness (QED) is 0.783. The number of anilines is 1. The monoisotopic (exact) mass is 270 g/mol. The maximum atomic E-state index is 5.92. The average molecular weight is 270 g/mol. The van der Waals surface area contributed by atoms with E-state index in [2.05, 4.69) is 10.2 Å². The molecule has 6 heteroatoms. The molecule has 2 N–H and O–H groups in total. The van der Waals surface area contributed by atoms with Gasteiger partial charge < -0.3 is 15.2 Å². The maximum absolute atomic E-state index is 5.92. The van der Waals surface area contributed by atoms with Crippen LogP contribution in [0, 0.1) is 0 Å². The highest BCUT2D eigenvalue weighted by molar-refractivity contribution is 5.47. The Labute approximate surface area is 115 Å². The molecule has 0 radical (unpaired) electrons. The standard InChI is InChI=1S/C14H14N4O2/c1-19-10-5-7-11(8-6-10)20-9-14-17-16-13-4-2-3-12(15)18(13)14/h2-8H,9,15H2,1H3. The van der Waals surface area contributed by atoms with Gasteiger partial charge in [-0.15, -0.1) is 10.2 Å². The van der Waals surface area contributed by atoms with E-state index >= 15 is 0 Å². The van der Waals surface area contributed by atoms with Crippen molar-refractivity contribution in [1.82, 2.24) is 14.6 Å². The van der Waals surface area contributed by atoms with Gasteiger partial charge in [0.05, 0.1) is 7.11 Å². The third kappa shape index (κ3) is 2.23. The second kappa shape index (κ2) is 5.08. The van der Waals surface area contributed by atoms with Crippen LogP contribution in [0.4, 0.5) is 5.82 Å². The molecule has 0 amide bonds. The van der Waals surface area contributed by atoms with Crippen molar-refractivity contribution in [2.75, 3.05) is 12.8 Å². The lowest BCUT2D eigenvalue weighted by Crippen LogP contribution is -2.04. The molecule has 0 saturated carbocycles. The minimum Gasteiger partial charge on any atom is -0.497 e. The highest BCUT2D eigenvalue weighted by Gasteiger charge is 2.08. The maximum Gasteiger partial charge on any atom is 0.177 e. The van der Waals surface area contributed by atoms with Crippen molar-refractivity contribution in [3.8, 4) is 11.5 Å². The molecular weight excluding hydrogens is 256 g/mol. The van der Waals surface area contributed by atoms with Gasteiger partial charge in [-0.3, -0.25) is 4.40 Å². The third-order valence-corrected chi connectivity index (χ3v) is 2.95. The zero-order valence-electron chi connectivity index (χ0n) is 11.0. The fourth-order valence-electron chi connectivity index (χ4n) is 1.94.